The molecule has 3 N–H and O–H groups in total. The van der Waals surface area contributed by atoms with E-state index in [0.29, 0.717) is 13.1 Å². The van der Waals surface area contributed by atoms with Gasteiger partial charge in [0.1, 0.15) is 11.9 Å². The van der Waals surface area contributed by atoms with E-state index in [0.717, 1.165) is 16.9 Å². The molecule has 8 heteroatoms. The zero-order chi connectivity index (χ0) is 14.5. The molecule has 2 aromatic rings. The lowest BCUT2D eigenvalue weighted by molar-refractivity contribution is -0.123. The Morgan fingerprint density at radius 1 is 1.41 bits per heavy atom. The number of nitrogens with two attached hydrogens (primary N) is 1. The molecule has 1 amide bonds. The Hall–Kier alpha value is -1.34. The average molecular weight is 349 g/mol. The van der Waals surface area contributed by atoms with E-state index in [1.54, 1.807) is 0 Å². The van der Waals surface area contributed by atoms with Crippen LogP contribution in [0.2, 0.25) is 0 Å². The number of rotatable bonds is 6. The molecule has 0 aliphatic carbocycles. The zero-order valence-electron chi connectivity index (χ0n) is 12.6. The first-order valence-electron chi connectivity index (χ1n) is 6.57. The Kier molecular flexibility index (Phi) is 9.04. The first-order chi connectivity index (χ1) is 9.63. The van der Waals surface area contributed by atoms with Crippen LogP contribution in [0.25, 0.3) is 11.0 Å². The number of amides is 1. The maximum atomic E-state index is 11.7. The van der Waals surface area contributed by atoms with E-state index in [9.17, 15) is 4.79 Å². The van der Waals surface area contributed by atoms with Crippen LogP contribution in [0.15, 0.2) is 24.3 Å². The molecule has 1 heterocycles. The van der Waals surface area contributed by atoms with Gasteiger partial charge in [-0.1, -0.05) is 12.1 Å². The number of aromatic nitrogens is 2. The molecule has 0 saturated heterocycles. The third-order valence-electron chi connectivity index (χ3n) is 3.16. The number of para-hydroxylation sites is 2. The Morgan fingerprint density at radius 2 is 2.09 bits per heavy atom. The van der Waals surface area contributed by atoms with Gasteiger partial charge in [-0.15, -0.1) is 24.8 Å². The van der Waals surface area contributed by atoms with Gasteiger partial charge in [-0.25, -0.2) is 4.98 Å². The lowest BCUT2D eigenvalue weighted by Crippen LogP contribution is -2.44. The van der Waals surface area contributed by atoms with Gasteiger partial charge in [-0.2, -0.15) is 0 Å². The van der Waals surface area contributed by atoms with Crippen LogP contribution in [0, 0.1) is 6.92 Å². The quantitative estimate of drug-likeness (QED) is 0.823. The minimum atomic E-state index is -0.624. The second-order valence-electron chi connectivity index (χ2n) is 4.65. The number of carbonyl (C=O) groups excluding carboxylic acids is 1. The summed E-state index contributed by atoms with van der Waals surface area (Å²) in [5, 5.41) is 2.80. The summed E-state index contributed by atoms with van der Waals surface area (Å²) in [5.41, 5.74) is 7.69. The lowest BCUT2D eigenvalue weighted by Gasteiger charge is -2.12. The number of carbonyl (C=O) groups is 1. The van der Waals surface area contributed by atoms with Crippen molar-refractivity contribution in [3.05, 3.63) is 30.1 Å². The Labute approximate surface area is 142 Å². The highest BCUT2D eigenvalue weighted by Gasteiger charge is 2.12. The maximum absolute atomic E-state index is 11.7. The van der Waals surface area contributed by atoms with E-state index in [-0.39, 0.29) is 37.3 Å². The zero-order valence-corrected chi connectivity index (χ0v) is 14.2. The summed E-state index contributed by atoms with van der Waals surface area (Å²) in [6.45, 7) is 3.35. The molecule has 0 saturated carbocycles. The van der Waals surface area contributed by atoms with Crippen LogP contribution in [0.4, 0.5) is 0 Å². The van der Waals surface area contributed by atoms with Crippen molar-refractivity contribution in [3.8, 4) is 0 Å². The Balaban J connectivity index is 0.00000220. The number of fused-ring (bicyclic) bond motifs is 1. The summed E-state index contributed by atoms with van der Waals surface area (Å²) in [7, 11) is 1.52. The van der Waals surface area contributed by atoms with Gasteiger partial charge >= 0.3 is 0 Å². The number of nitrogens with one attached hydrogen (secondary N) is 1. The molecule has 0 aliphatic heterocycles. The predicted molar refractivity (Wildman–Crippen MR) is 91.8 cm³/mol. The molecule has 6 nitrogen and oxygen atoms in total. The highest BCUT2D eigenvalue weighted by Crippen LogP contribution is 2.14. The van der Waals surface area contributed by atoms with Crippen molar-refractivity contribution in [1.29, 1.82) is 0 Å². The topological polar surface area (TPSA) is 82.2 Å². The summed E-state index contributed by atoms with van der Waals surface area (Å²) in [6.07, 6.45) is 0. The van der Waals surface area contributed by atoms with Crippen molar-refractivity contribution in [2.75, 3.05) is 20.3 Å². The van der Waals surface area contributed by atoms with Crippen LogP contribution in [0.3, 0.4) is 0 Å². The first-order valence-corrected chi connectivity index (χ1v) is 6.57. The summed E-state index contributed by atoms with van der Waals surface area (Å²) >= 11 is 0. The summed E-state index contributed by atoms with van der Waals surface area (Å²) < 4.78 is 6.93. The van der Waals surface area contributed by atoms with Gasteiger partial charge in [0.05, 0.1) is 17.6 Å². The van der Waals surface area contributed by atoms with Crippen LogP contribution in [-0.4, -0.2) is 41.8 Å². The van der Waals surface area contributed by atoms with Crippen LogP contribution < -0.4 is 11.1 Å². The molecule has 0 radical (unpaired) electrons. The molecule has 1 unspecified atom stereocenters. The normalized spacial score (nSPS) is 11.4. The van der Waals surface area contributed by atoms with Crippen LogP contribution in [0.1, 0.15) is 5.82 Å². The fourth-order valence-corrected chi connectivity index (χ4v) is 2.16. The van der Waals surface area contributed by atoms with E-state index in [4.69, 9.17) is 10.5 Å². The van der Waals surface area contributed by atoms with Gasteiger partial charge in [-0.3, -0.25) is 4.79 Å². The van der Waals surface area contributed by atoms with Crippen molar-refractivity contribution in [3.63, 3.8) is 0 Å². The number of halogens is 2. The summed E-state index contributed by atoms with van der Waals surface area (Å²) in [4.78, 5) is 16.1. The van der Waals surface area contributed by atoms with Gasteiger partial charge in [0.15, 0.2) is 0 Å². The molecular weight excluding hydrogens is 327 g/mol. The van der Waals surface area contributed by atoms with E-state index in [1.807, 2.05) is 31.2 Å². The Morgan fingerprint density at radius 3 is 2.77 bits per heavy atom. The van der Waals surface area contributed by atoms with E-state index < -0.39 is 6.04 Å². The van der Waals surface area contributed by atoms with E-state index in [1.165, 1.54) is 7.11 Å². The number of hydrogen-bond donors (Lipinski definition) is 2. The van der Waals surface area contributed by atoms with Gasteiger partial charge < -0.3 is 20.4 Å². The van der Waals surface area contributed by atoms with Gasteiger partial charge in [0.2, 0.25) is 5.91 Å². The van der Waals surface area contributed by atoms with Gasteiger partial charge in [0.25, 0.3) is 0 Å². The third-order valence-corrected chi connectivity index (χ3v) is 3.16. The first kappa shape index (κ1) is 20.7. The van der Waals surface area contributed by atoms with Crippen molar-refractivity contribution >= 4 is 41.8 Å². The third kappa shape index (κ3) is 4.84. The Bertz CT molecular complexity index is 604. The fraction of sp³-hybridized carbons (Fsp3) is 0.429. The van der Waals surface area contributed by atoms with Crippen molar-refractivity contribution < 1.29 is 9.53 Å². The monoisotopic (exact) mass is 348 g/mol. The molecule has 0 spiro atoms. The molecule has 124 valence electrons. The van der Waals surface area contributed by atoms with Gasteiger partial charge in [0, 0.05) is 20.2 Å². The highest BCUT2D eigenvalue weighted by atomic mass is 35.5. The summed E-state index contributed by atoms with van der Waals surface area (Å²) in [5.74, 6) is 0.732. The second-order valence-corrected chi connectivity index (χ2v) is 4.65. The molecular formula is C14H22Cl2N4O2. The molecule has 1 aromatic carbocycles. The molecule has 22 heavy (non-hydrogen) atoms. The van der Waals surface area contributed by atoms with Crippen LogP contribution in [-0.2, 0) is 16.1 Å². The number of benzene rings is 1. The van der Waals surface area contributed by atoms with Crippen LogP contribution in [0.5, 0.6) is 0 Å². The van der Waals surface area contributed by atoms with Crippen molar-refractivity contribution in [1.82, 2.24) is 14.9 Å². The number of methoxy groups -OCH3 is 1. The molecule has 0 bridgehead atoms. The van der Waals surface area contributed by atoms with Crippen LogP contribution >= 0.6 is 24.8 Å². The number of aryl methyl sites for hydroxylation is 1. The molecule has 0 fully saturated rings. The minimum absolute atomic E-state index is 0. The predicted octanol–water partition coefficient (Wildman–Crippen LogP) is 1.28. The standard InChI is InChI=1S/C14H20N4O2.2ClH/c1-10-17-12-5-3-4-6-13(12)18(10)8-7-16-14(19)11(15)9-20-2;;/h3-6,11H,7-9,15H2,1-2H3,(H,16,19);2*1H. The van der Waals surface area contributed by atoms with Crippen molar-refractivity contribution in [2.24, 2.45) is 5.73 Å². The van der Waals surface area contributed by atoms with E-state index >= 15 is 0 Å². The largest absolute Gasteiger partial charge is 0.383 e. The SMILES string of the molecule is COCC(N)C(=O)NCCn1c(C)nc2ccccc21.Cl.Cl. The molecule has 1 atom stereocenters. The minimum Gasteiger partial charge on any atom is -0.383 e. The fourth-order valence-electron chi connectivity index (χ4n) is 2.16. The lowest BCUT2D eigenvalue weighted by atomic mass is 10.3. The highest BCUT2D eigenvalue weighted by molar-refractivity contribution is 5.85. The molecule has 1 aromatic heterocycles. The molecule has 0 aliphatic rings. The van der Waals surface area contributed by atoms with Gasteiger partial charge in [-0.05, 0) is 19.1 Å². The van der Waals surface area contributed by atoms with E-state index in [2.05, 4.69) is 14.9 Å². The second kappa shape index (κ2) is 9.63. The number of imidazole rings is 1. The smallest absolute Gasteiger partial charge is 0.239 e. The number of hydrogen-bond acceptors (Lipinski definition) is 4. The number of ether oxygens (including phenoxy) is 1. The average Bonchev–Trinajstić information content (AvgIpc) is 2.75. The van der Waals surface area contributed by atoms with Crippen molar-refractivity contribution in [2.45, 2.75) is 19.5 Å². The molecule has 2 rings (SSSR count). The maximum Gasteiger partial charge on any atom is 0.239 e. The summed E-state index contributed by atoms with van der Waals surface area (Å²) in [6, 6.07) is 7.32. The number of nitrogens with zero attached hydrogens (tertiary/aromatic N) is 2.